The first-order valence-corrected chi connectivity index (χ1v) is 20.2. The molecule has 64 heavy (non-hydrogen) atoms. The van der Waals surface area contributed by atoms with E-state index >= 15 is 0 Å². The van der Waals surface area contributed by atoms with Crippen LogP contribution in [-0.2, 0) is 0 Å². The maximum atomic E-state index is 9.94. The molecule has 4 heterocycles. The Morgan fingerprint density at radius 3 is 1.38 bits per heavy atom. The zero-order valence-corrected chi connectivity index (χ0v) is 33.6. The first-order valence-electron chi connectivity index (χ1n) is 20.2. The normalized spacial score (nSPS) is 11.1. The van der Waals surface area contributed by atoms with E-state index in [0.29, 0.717) is 40.0 Å². The summed E-state index contributed by atoms with van der Waals surface area (Å²) in [7, 11) is 0. The molecule has 0 atom stereocenters. The monoisotopic (exact) mass is 816 g/mol. The number of nitriles is 2. The van der Waals surface area contributed by atoms with Gasteiger partial charge in [-0.25, -0.2) is 24.6 Å². The van der Waals surface area contributed by atoms with Crippen LogP contribution in [0.3, 0.4) is 0 Å². The quantitative estimate of drug-likeness (QED) is 0.154. The SMILES string of the molecule is [C-]#[N+]c1ccc2c(c1)c1cc([N+]#[C-])ccc1n2-c1ccc(-c2nc(-c3ccccc3)nc(-c3ccccc3)n2)cc1-c1cnccc1-n1c2ccc(C#N)cc2c2cc(C#N)ccc21. The van der Waals surface area contributed by atoms with Gasteiger partial charge in [0.05, 0.1) is 69.9 Å². The van der Waals surface area contributed by atoms with Crippen LogP contribution in [0.2, 0.25) is 0 Å². The van der Waals surface area contributed by atoms with Crippen molar-refractivity contribution in [3.05, 3.63) is 204 Å². The van der Waals surface area contributed by atoms with Gasteiger partial charge >= 0.3 is 0 Å². The summed E-state index contributed by atoms with van der Waals surface area (Å²) in [5, 5.41) is 23.2. The third-order valence-electron chi connectivity index (χ3n) is 11.5. The average Bonchev–Trinajstić information content (AvgIpc) is 3.87. The zero-order chi connectivity index (χ0) is 43.3. The summed E-state index contributed by atoms with van der Waals surface area (Å²) in [5.74, 6) is 1.54. The Morgan fingerprint density at radius 1 is 0.438 bits per heavy atom. The Morgan fingerprint density at radius 2 is 0.891 bits per heavy atom. The van der Waals surface area contributed by atoms with Crippen molar-refractivity contribution in [1.29, 1.82) is 10.5 Å². The molecule has 10 nitrogen and oxygen atoms in total. The van der Waals surface area contributed by atoms with Gasteiger partial charge in [-0.05, 0) is 95.7 Å². The molecule has 0 bridgehead atoms. The third kappa shape index (κ3) is 6.08. The van der Waals surface area contributed by atoms with Crippen LogP contribution in [0.1, 0.15) is 11.1 Å². The van der Waals surface area contributed by atoms with Crippen LogP contribution in [-0.4, -0.2) is 29.1 Å². The highest BCUT2D eigenvalue weighted by Gasteiger charge is 2.23. The molecule has 4 aromatic heterocycles. The van der Waals surface area contributed by atoms with Gasteiger partial charge < -0.3 is 9.13 Å². The maximum Gasteiger partial charge on any atom is 0.188 e. The van der Waals surface area contributed by atoms with Gasteiger partial charge in [0.25, 0.3) is 0 Å². The molecule has 0 aliphatic heterocycles. The smallest absolute Gasteiger partial charge is 0.188 e. The predicted molar refractivity (Wildman–Crippen MR) is 250 cm³/mol. The minimum absolute atomic E-state index is 0.474. The molecule has 10 heteroatoms. The Balaban J connectivity index is 1.24. The minimum atomic E-state index is 0.474. The largest absolute Gasteiger partial charge is 0.309 e. The van der Waals surface area contributed by atoms with Crippen molar-refractivity contribution < 1.29 is 0 Å². The highest BCUT2D eigenvalue weighted by atomic mass is 15.0. The summed E-state index contributed by atoms with van der Waals surface area (Å²) < 4.78 is 4.32. The van der Waals surface area contributed by atoms with Crippen LogP contribution < -0.4 is 0 Å². The van der Waals surface area contributed by atoms with Crippen molar-refractivity contribution in [2.24, 2.45) is 0 Å². The lowest BCUT2D eigenvalue weighted by Gasteiger charge is -2.19. The molecule has 0 unspecified atom stereocenters. The summed E-state index contributed by atoms with van der Waals surface area (Å²) in [6.07, 6.45) is 3.61. The molecule has 0 aliphatic rings. The second kappa shape index (κ2) is 15.1. The van der Waals surface area contributed by atoms with E-state index in [-0.39, 0.29) is 0 Å². The molecule has 0 aliphatic carbocycles. The van der Waals surface area contributed by atoms with Crippen LogP contribution in [0.25, 0.3) is 110 Å². The zero-order valence-electron chi connectivity index (χ0n) is 33.6. The molecular formula is C54H28N10. The fourth-order valence-electron chi connectivity index (χ4n) is 8.63. The second-order valence-corrected chi connectivity index (χ2v) is 15.1. The maximum absolute atomic E-state index is 9.94. The first kappa shape index (κ1) is 37.3. The van der Waals surface area contributed by atoms with E-state index < -0.39 is 0 Å². The first-order chi connectivity index (χ1) is 31.5. The van der Waals surface area contributed by atoms with E-state index in [1.54, 1.807) is 18.3 Å². The van der Waals surface area contributed by atoms with Crippen LogP contribution in [0.15, 0.2) is 170 Å². The fourth-order valence-corrected chi connectivity index (χ4v) is 8.63. The molecule has 0 N–H and O–H groups in total. The summed E-state index contributed by atoms with van der Waals surface area (Å²) in [6, 6.07) is 54.9. The summed E-state index contributed by atoms with van der Waals surface area (Å²) >= 11 is 0. The molecule has 0 spiro atoms. The van der Waals surface area contributed by atoms with E-state index in [2.05, 4.69) is 43.1 Å². The van der Waals surface area contributed by atoms with Crippen molar-refractivity contribution >= 4 is 55.0 Å². The average molecular weight is 817 g/mol. The van der Waals surface area contributed by atoms with E-state index in [4.69, 9.17) is 33.1 Å². The van der Waals surface area contributed by atoms with Crippen LogP contribution in [0.5, 0.6) is 0 Å². The summed E-state index contributed by atoms with van der Waals surface area (Å²) in [6.45, 7) is 15.7. The van der Waals surface area contributed by atoms with E-state index in [0.717, 1.165) is 82.8 Å². The number of nitrogens with zero attached hydrogens (tertiary/aromatic N) is 10. The molecule has 294 valence electrons. The summed E-state index contributed by atoms with van der Waals surface area (Å²) in [4.78, 5) is 27.4. The topological polar surface area (TPSA) is 118 Å². The van der Waals surface area contributed by atoms with Gasteiger partial charge in [0.2, 0.25) is 0 Å². The number of fused-ring (bicyclic) bond motifs is 6. The predicted octanol–water partition coefficient (Wildman–Crippen LogP) is 13.0. The van der Waals surface area contributed by atoms with Crippen LogP contribution >= 0.6 is 0 Å². The van der Waals surface area contributed by atoms with Gasteiger partial charge in [0.1, 0.15) is 0 Å². The van der Waals surface area contributed by atoms with Gasteiger partial charge in [-0.2, -0.15) is 10.5 Å². The molecule has 7 aromatic carbocycles. The molecule has 0 saturated carbocycles. The van der Waals surface area contributed by atoms with E-state index in [1.807, 2.05) is 140 Å². The Labute approximate surface area is 366 Å². The summed E-state index contributed by atoms with van der Waals surface area (Å²) in [5.41, 5.74) is 11.0. The highest BCUT2D eigenvalue weighted by molar-refractivity contribution is 6.13. The number of hydrogen-bond donors (Lipinski definition) is 0. The van der Waals surface area contributed by atoms with Crippen LogP contribution in [0.4, 0.5) is 11.4 Å². The van der Waals surface area contributed by atoms with E-state index in [1.165, 1.54) is 0 Å². The lowest BCUT2D eigenvalue weighted by molar-refractivity contribution is 1.07. The number of hydrogen-bond acceptors (Lipinski definition) is 6. The van der Waals surface area contributed by atoms with Gasteiger partial charge in [-0.1, -0.05) is 72.8 Å². The van der Waals surface area contributed by atoms with Crippen molar-refractivity contribution in [3.63, 3.8) is 0 Å². The Bertz CT molecular complexity index is 3690. The van der Waals surface area contributed by atoms with Crippen LogP contribution in [0, 0.1) is 35.8 Å². The molecule has 0 fully saturated rings. The van der Waals surface area contributed by atoms with Crippen molar-refractivity contribution in [2.75, 3.05) is 0 Å². The number of pyridine rings is 1. The van der Waals surface area contributed by atoms with Gasteiger partial charge in [-0.15, -0.1) is 0 Å². The molecule has 11 aromatic rings. The van der Waals surface area contributed by atoms with Gasteiger partial charge in [-0.3, -0.25) is 4.98 Å². The third-order valence-corrected chi connectivity index (χ3v) is 11.5. The van der Waals surface area contributed by atoms with Crippen molar-refractivity contribution in [3.8, 4) is 68.8 Å². The minimum Gasteiger partial charge on any atom is -0.309 e. The number of benzene rings is 7. The Hall–Kier alpha value is -9.74. The van der Waals surface area contributed by atoms with Crippen molar-refractivity contribution in [2.45, 2.75) is 0 Å². The molecule has 0 amide bonds. The highest BCUT2D eigenvalue weighted by Crippen LogP contribution is 2.43. The lowest BCUT2D eigenvalue weighted by Crippen LogP contribution is -2.04. The standard InChI is InChI=1S/C54H28N10/c1-57-38-16-21-49-43(28-38)44-29-39(58-2)17-22-50(44)63(49)48-20-15-37(54-61-52(35-9-5-3-6-10-35)60-53(62-54)36-11-7-4-8-12-36)27-42(48)45-32-59-24-23-51(45)64-46-18-13-33(30-55)25-40(46)41-26-34(31-56)14-19-47(41)64/h3-29,32H. The van der Waals surface area contributed by atoms with Crippen molar-refractivity contribution in [1.82, 2.24) is 29.1 Å². The molecule has 0 saturated heterocycles. The van der Waals surface area contributed by atoms with E-state index in [9.17, 15) is 10.5 Å². The Kier molecular flexibility index (Phi) is 8.77. The second-order valence-electron chi connectivity index (χ2n) is 15.1. The molecular weight excluding hydrogens is 789 g/mol. The van der Waals surface area contributed by atoms with Gasteiger partial charge in [0, 0.05) is 51.0 Å². The number of aromatic nitrogens is 6. The fraction of sp³-hybridized carbons (Fsp3) is 0. The lowest BCUT2D eigenvalue weighted by atomic mass is 9.99. The van der Waals surface area contributed by atoms with Gasteiger partial charge in [0.15, 0.2) is 28.8 Å². The molecule has 11 rings (SSSR count). The molecule has 0 radical (unpaired) electrons. The number of rotatable bonds is 6.